The van der Waals surface area contributed by atoms with Gasteiger partial charge in [-0.05, 0) is 147 Å². The Hall–Kier alpha value is -11.0. The van der Waals surface area contributed by atoms with Crippen molar-refractivity contribution in [2.24, 2.45) is 0 Å². The molecule has 1 fully saturated rings. The second kappa shape index (κ2) is 23.4. The second-order valence-electron chi connectivity index (χ2n) is 25.7. The summed E-state index contributed by atoms with van der Waals surface area (Å²) in [5.41, 5.74) is 3.29. The van der Waals surface area contributed by atoms with Crippen LogP contribution in [0, 0.1) is 0 Å². The number of aliphatic hydroxyl groups excluding tert-OH is 5. The zero-order valence-corrected chi connectivity index (χ0v) is 50.9. The number of hydrogen-bond acceptors (Lipinski definition) is 21. The third-order valence-corrected chi connectivity index (χ3v) is 20.2. The molecule has 0 bridgehead atoms. The molecule has 18 N–H and O–H groups in total. The Morgan fingerprint density at radius 2 is 0.825 bits per heavy atom. The molecule has 0 aromatic heterocycles. The Kier molecular flexibility index (Phi) is 15.0. The summed E-state index contributed by atoms with van der Waals surface area (Å²) < 4.78 is 20.5. The summed E-state index contributed by atoms with van der Waals surface area (Å²) in [6.07, 6.45) is -13.7. The van der Waals surface area contributed by atoms with E-state index in [0.29, 0.717) is 50.1 Å². The van der Waals surface area contributed by atoms with Crippen molar-refractivity contribution in [3.8, 4) is 86.2 Å². The van der Waals surface area contributed by atoms with Crippen LogP contribution in [0.4, 0.5) is 0 Å². The third-order valence-electron chi connectivity index (χ3n) is 20.2. The first-order valence-corrected chi connectivity index (χ1v) is 31.3. The Bertz CT molecular complexity index is 4710. The second-order valence-corrected chi connectivity index (χ2v) is 25.7. The highest BCUT2D eigenvalue weighted by molar-refractivity contribution is 5.77. The number of aromatic hydroxyl groups is 13. The maximum Gasteiger partial charge on any atom is 0.135 e. The molecule has 97 heavy (non-hydrogen) atoms. The van der Waals surface area contributed by atoms with Crippen molar-refractivity contribution >= 4 is 0 Å². The number of hydrogen-bond donors (Lipinski definition) is 18. The van der Waals surface area contributed by atoms with E-state index in [0.717, 1.165) is 18.2 Å². The van der Waals surface area contributed by atoms with Crippen LogP contribution in [0.1, 0.15) is 155 Å². The maximum absolute atomic E-state index is 14.6. The van der Waals surface area contributed by atoms with E-state index in [1.165, 1.54) is 103 Å². The summed E-state index contributed by atoms with van der Waals surface area (Å²) in [6, 6.07) is 41.8. The van der Waals surface area contributed by atoms with E-state index in [2.05, 4.69) is 0 Å². The van der Waals surface area contributed by atoms with Crippen molar-refractivity contribution in [1.29, 1.82) is 0 Å². The molecule has 3 heterocycles. The summed E-state index contributed by atoms with van der Waals surface area (Å²) in [4.78, 5) is 0. The molecule has 2 aliphatic carbocycles. The van der Waals surface area contributed by atoms with Gasteiger partial charge in [-0.15, -0.1) is 0 Å². The molecule has 21 nitrogen and oxygen atoms in total. The molecular weight excluding hydrogens is 1250 g/mol. The average Bonchev–Trinajstić information content (AvgIpc) is 1.51. The van der Waals surface area contributed by atoms with Gasteiger partial charge in [0.05, 0.1) is 24.5 Å². The van der Waals surface area contributed by atoms with Gasteiger partial charge in [0, 0.05) is 87.2 Å². The molecule has 0 saturated carbocycles. The van der Waals surface area contributed by atoms with E-state index in [4.69, 9.17) is 14.2 Å². The zero-order valence-electron chi connectivity index (χ0n) is 50.9. The van der Waals surface area contributed by atoms with E-state index in [1.807, 2.05) is 0 Å². The number of ether oxygens (including phenoxy) is 3. The quantitative estimate of drug-likeness (QED) is 0.0540. The van der Waals surface area contributed by atoms with Crippen LogP contribution in [0.25, 0.3) is 0 Å². The third kappa shape index (κ3) is 10.1. The van der Waals surface area contributed by atoms with Crippen LogP contribution in [0.3, 0.4) is 0 Å². The number of phenolic OH excluding ortho intramolecular Hbond substituents is 13. The van der Waals surface area contributed by atoms with Crippen LogP contribution >= 0.6 is 0 Å². The number of aliphatic hydroxyl groups is 5. The summed E-state index contributed by atoms with van der Waals surface area (Å²) in [5, 5.41) is 212. The van der Waals surface area contributed by atoms with Crippen molar-refractivity contribution < 1.29 is 106 Å². The van der Waals surface area contributed by atoms with Crippen molar-refractivity contribution in [2.75, 3.05) is 6.61 Å². The van der Waals surface area contributed by atoms with Gasteiger partial charge in [0.2, 0.25) is 0 Å². The van der Waals surface area contributed by atoms with Crippen molar-refractivity contribution in [3.63, 3.8) is 0 Å². The van der Waals surface area contributed by atoms with E-state index in [1.54, 1.807) is 54.6 Å². The number of fused-ring (bicyclic) bond motifs is 3. The van der Waals surface area contributed by atoms with Crippen molar-refractivity contribution in [2.45, 2.75) is 90.3 Å². The molecule has 10 aromatic rings. The number of rotatable bonds is 12. The Morgan fingerprint density at radius 1 is 0.351 bits per heavy atom. The van der Waals surface area contributed by atoms with Gasteiger partial charge in [0.1, 0.15) is 129 Å². The van der Waals surface area contributed by atoms with Gasteiger partial charge < -0.3 is 106 Å². The summed E-state index contributed by atoms with van der Waals surface area (Å²) in [6.45, 7) is -0.891. The van der Waals surface area contributed by atoms with E-state index < -0.39 is 131 Å². The molecule has 0 spiro atoms. The fraction of sp³-hybridized carbons (Fsp3) is 0.211. The smallest absolute Gasteiger partial charge is 0.135 e. The lowest BCUT2D eigenvalue weighted by Gasteiger charge is -2.41. The fourth-order valence-electron chi connectivity index (χ4n) is 16.3. The molecule has 5 aliphatic rings. The Labute approximate surface area is 551 Å². The average molecular weight is 1310 g/mol. The summed E-state index contributed by atoms with van der Waals surface area (Å²) in [5.74, 6) is -12.9. The largest absolute Gasteiger partial charge is 0.508 e. The highest BCUT2D eigenvalue weighted by Crippen LogP contribution is 2.74. The van der Waals surface area contributed by atoms with E-state index in [9.17, 15) is 91.9 Å². The minimum atomic E-state index is -2.15. The van der Waals surface area contributed by atoms with E-state index >= 15 is 0 Å². The predicted molar refractivity (Wildman–Crippen MR) is 345 cm³/mol. The molecule has 1 unspecified atom stereocenters. The molecule has 15 rings (SSSR count). The first kappa shape index (κ1) is 62.1. The van der Waals surface area contributed by atoms with Gasteiger partial charge in [-0.25, -0.2) is 0 Å². The standard InChI is InChI=1S/C76H64O21/c77-30-53-69(91)71(93)72(94)76(96-53)59-49(26-45(86)28-51(59)89)68(90)56(33-5-15-39(80)16-6-33)67-70(92)65-55(32-3-13-38(79)14-4-32)61(48-25-46(87)29-52-60(48)57(36-21-42(83)23-43(84)22-36)73(95-52)34-7-17-40(81)18-8-34)63-54(31-1-11-37(78)12-2-31)58-47(24-44(85)27-50(58)88)62-66(64(63)65)75(67)97-74(62)35-9-19-41(82)20-10-35/h1-29,53-57,61-63,68-69,71-74,76-94H,30H2/t53-,54?,55-,56+,57-,61-,62-,63+,68+,69-,71+,72-,73+,74+,76+/m0/s1. The van der Waals surface area contributed by atoms with Gasteiger partial charge in [-0.2, -0.15) is 0 Å². The van der Waals surface area contributed by atoms with Gasteiger partial charge in [0.25, 0.3) is 0 Å². The van der Waals surface area contributed by atoms with Crippen LogP contribution in [0.2, 0.25) is 0 Å². The number of phenols is 13. The lowest BCUT2D eigenvalue weighted by atomic mass is 9.67. The molecule has 1 saturated heterocycles. The van der Waals surface area contributed by atoms with Gasteiger partial charge in [-0.3, -0.25) is 0 Å². The maximum atomic E-state index is 14.6. The topological polar surface area (TPSA) is 392 Å². The van der Waals surface area contributed by atoms with Crippen LogP contribution in [-0.2, 0) is 4.74 Å². The van der Waals surface area contributed by atoms with Crippen molar-refractivity contribution in [1.82, 2.24) is 0 Å². The van der Waals surface area contributed by atoms with Crippen LogP contribution in [-0.4, -0.2) is 123 Å². The minimum absolute atomic E-state index is 0.0637. The fourth-order valence-corrected chi connectivity index (χ4v) is 16.3. The molecule has 3 aliphatic heterocycles. The van der Waals surface area contributed by atoms with Gasteiger partial charge in [-0.1, -0.05) is 60.7 Å². The highest BCUT2D eigenvalue weighted by atomic mass is 16.5. The molecule has 0 radical (unpaired) electrons. The van der Waals surface area contributed by atoms with Crippen LogP contribution < -0.4 is 9.47 Å². The van der Waals surface area contributed by atoms with Crippen LogP contribution in [0.15, 0.2) is 176 Å². The first-order valence-electron chi connectivity index (χ1n) is 31.3. The molecule has 494 valence electrons. The van der Waals surface area contributed by atoms with Gasteiger partial charge in [0.15, 0.2) is 0 Å². The monoisotopic (exact) mass is 1310 g/mol. The minimum Gasteiger partial charge on any atom is -0.508 e. The Balaban J connectivity index is 1.10. The SMILES string of the molecule is OC[C@@H]1O[C@H](c2c(O)cc(O)cc2[C@@H](O)[C@H](c2ccc(O)cc2)c2c(O)c3c4c5c2O[C@H](c2ccc(O)cc2)[C@H]5c2cc(O)cc(O)c2C(c2ccc(O)cc2)[C@@H]4[C@@H](c2cc(O)cc4c2[C@H](c2cc(O)cc(O)c2)[C@@H](c2ccc(O)cc2)O4)[C@@H]3c2ccc(O)cc2)[C@@H](O)[C@H](O)[C@H]1O. The lowest BCUT2D eigenvalue weighted by molar-refractivity contribution is -0.232. The molecular formula is C76H64O21. The normalized spacial score (nSPS) is 24.9. The summed E-state index contributed by atoms with van der Waals surface area (Å²) >= 11 is 0. The van der Waals surface area contributed by atoms with E-state index in [-0.39, 0.29) is 90.9 Å². The molecule has 15 atom stereocenters. The first-order chi connectivity index (χ1) is 46.6. The predicted octanol–water partition coefficient (Wildman–Crippen LogP) is 9.93. The van der Waals surface area contributed by atoms with Crippen molar-refractivity contribution in [3.05, 3.63) is 265 Å². The Morgan fingerprint density at radius 3 is 1.38 bits per heavy atom. The molecule has 21 heteroatoms. The molecule has 10 aromatic carbocycles. The molecule has 0 amide bonds. The lowest BCUT2D eigenvalue weighted by Crippen LogP contribution is -2.55. The van der Waals surface area contributed by atoms with Crippen LogP contribution in [0.5, 0.6) is 86.2 Å². The zero-order chi connectivity index (χ0) is 67.9. The number of benzene rings is 10. The highest BCUT2D eigenvalue weighted by Gasteiger charge is 2.60. The van der Waals surface area contributed by atoms with Gasteiger partial charge >= 0.3 is 0 Å². The summed E-state index contributed by atoms with van der Waals surface area (Å²) in [7, 11) is 0.